The first-order chi connectivity index (χ1) is 9.39. The highest BCUT2D eigenvalue weighted by Gasteiger charge is 2.33. The molecule has 1 aliphatic rings. The van der Waals surface area contributed by atoms with Crippen LogP contribution in [0.2, 0.25) is 0 Å². The molecule has 1 heterocycles. The van der Waals surface area contributed by atoms with Gasteiger partial charge in [-0.15, -0.1) is 0 Å². The minimum absolute atomic E-state index is 0.0249. The Morgan fingerprint density at radius 2 is 1.80 bits per heavy atom. The molecule has 0 saturated heterocycles. The third-order valence-electron chi connectivity index (χ3n) is 4.14. The molecule has 1 unspecified atom stereocenters. The minimum atomic E-state index is -0.0592. The standard InChI is InChI=1S/C17H20N2O/c1-17(2,3)14(18)10-19-13-9-5-7-11-6-4-8-12(15(11)13)16(19)20/h4-9,14H,10,18H2,1-3H3. The van der Waals surface area contributed by atoms with E-state index < -0.39 is 0 Å². The number of hydrogen-bond donors (Lipinski definition) is 1. The molecule has 0 bridgehead atoms. The summed E-state index contributed by atoms with van der Waals surface area (Å²) in [4.78, 5) is 14.4. The smallest absolute Gasteiger partial charge is 0.259 e. The van der Waals surface area contributed by atoms with Crippen molar-refractivity contribution in [2.75, 3.05) is 11.4 Å². The van der Waals surface area contributed by atoms with Gasteiger partial charge in [0.25, 0.3) is 5.91 Å². The van der Waals surface area contributed by atoms with Crippen molar-refractivity contribution in [2.24, 2.45) is 11.1 Å². The molecule has 3 rings (SSSR count). The molecule has 2 aromatic carbocycles. The number of hydrogen-bond acceptors (Lipinski definition) is 2. The van der Waals surface area contributed by atoms with Crippen LogP contribution < -0.4 is 10.6 Å². The van der Waals surface area contributed by atoms with Gasteiger partial charge in [-0.1, -0.05) is 45.0 Å². The summed E-state index contributed by atoms with van der Waals surface area (Å²) in [5.41, 5.74) is 8.02. The molecule has 0 spiro atoms. The summed E-state index contributed by atoms with van der Waals surface area (Å²) in [6.07, 6.45) is 0. The first-order valence-electron chi connectivity index (χ1n) is 6.99. The summed E-state index contributed by atoms with van der Waals surface area (Å²) in [5, 5.41) is 2.17. The maximum Gasteiger partial charge on any atom is 0.259 e. The Morgan fingerprint density at radius 1 is 1.15 bits per heavy atom. The minimum Gasteiger partial charge on any atom is -0.326 e. The first-order valence-corrected chi connectivity index (χ1v) is 6.99. The van der Waals surface area contributed by atoms with Crippen LogP contribution in [-0.4, -0.2) is 18.5 Å². The van der Waals surface area contributed by atoms with Crippen molar-refractivity contribution in [1.82, 2.24) is 0 Å². The fourth-order valence-electron chi connectivity index (χ4n) is 2.63. The van der Waals surface area contributed by atoms with Gasteiger partial charge < -0.3 is 10.6 Å². The molecule has 20 heavy (non-hydrogen) atoms. The van der Waals surface area contributed by atoms with Gasteiger partial charge in [0, 0.05) is 23.5 Å². The van der Waals surface area contributed by atoms with Crippen LogP contribution in [0.5, 0.6) is 0 Å². The van der Waals surface area contributed by atoms with Crippen LogP contribution in [-0.2, 0) is 0 Å². The van der Waals surface area contributed by atoms with E-state index in [2.05, 4.69) is 20.8 Å². The van der Waals surface area contributed by atoms with Crippen molar-refractivity contribution in [2.45, 2.75) is 26.8 Å². The summed E-state index contributed by atoms with van der Waals surface area (Å²) >= 11 is 0. The zero-order valence-electron chi connectivity index (χ0n) is 12.2. The van der Waals surface area contributed by atoms with E-state index in [4.69, 9.17) is 5.73 Å². The van der Waals surface area contributed by atoms with Crippen LogP contribution >= 0.6 is 0 Å². The van der Waals surface area contributed by atoms with Crippen molar-refractivity contribution in [1.29, 1.82) is 0 Å². The highest BCUT2D eigenvalue weighted by atomic mass is 16.2. The summed E-state index contributed by atoms with van der Waals surface area (Å²) in [6.45, 7) is 6.86. The topological polar surface area (TPSA) is 46.3 Å². The summed E-state index contributed by atoms with van der Waals surface area (Å²) in [7, 11) is 0. The molecule has 1 amide bonds. The van der Waals surface area contributed by atoms with Gasteiger partial charge in [-0.3, -0.25) is 4.79 Å². The van der Waals surface area contributed by atoms with Crippen molar-refractivity contribution in [3.63, 3.8) is 0 Å². The second-order valence-electron chi connectivity index (χ2n) is 6.57. The second-order valence-corrected chi connectivity index (χ2v) is 6.57. The van der Waals surface area contributed by atoms with E-state index in [9.17, 15) is 4.79 Å². The lowest BCUT2D eigenvalue weighted by atomic mass is 9.87. The molecular formula is C17H20N2O. The predicted molar refractivity (Wildman–Crippen MR) is 83.1 cm³/mol. The molecule has 1 atom stereocenters. The zero-order valence-corrected chi connectivity index (χ0v) is 12.2. The molecule has 3 nitrogen and oxygen atoms in total. The molecule has 2 aromatic rings. The highest BCUT2D eigenvalue weighted by Crippen LogP contribution is 2.37. The van der Waals surface area contributed by atoms with E-state index in [1.165, 1.54) is 0 Å². The number of carbonyl (C=O) groups is 1. The maximum absolute atomic E-state index is 12.6. The summed E-state index contributed by atoms with van der Waals surface area (Å²) in [6, 6.07) is 11.9. The Labute approximate surface area is 119 Å². The van der Waals surface area contributed by atoms with Gasteiger partial charge in [-0.2, -0.15) is 0 Å². The SMILES string of the molecule is CC(C)(C)C(N)CN1C(=O)c2cccc3cccc1c23. The third kappa shape index (κ3) is 1.90. The molecule has 3 heteroatoms. The van der Waals surface area contributed by atoms with Crippen LogP contribution in [0.3, 0.4) is 0 Å². The van der Waals surface area contributed by atoms with E-state index in [0.29, 0.717) is 6.54 Å². The number of nitrogens with two attached hydrogens (primary N) is 1. The van der Waals surface area contributed by atoms with Crippen molar-refractivity contribution < 1.29 is 4.79 Å². The van der Waals surface area contributed by atoms with Crippen LogP contribution in [0.4, 0.5) is 5.69 Å². The number of anilines is 1. The third-order valence-corrected chi connectivity index (χ3v) is 4.14. The molecule has 0 aliphatic carbocycles. The lowest BCUT2D eigenvalue weighted by Gasteiger charge is -2.31. The van der Waals surface area contributed by atoms with E-state index >= 15 is 0 Å². The molecule has 2 N–H and O–H groups in total. The Kier molecular flexibility index (Phi) is 2.83. The highest BCUT2D eigenvalue weighted by molar-refractivity contribution is 6.25. The largest absolute Gasteiger partial charge is 0.326 e. The number of nitrogens with zero attached hydrogens (tertiary/aromatic N) is 1. The number of benzene rings is 2. The summed E-state index contributed by atoms with van der Waals surface area (Å²) in [5.74, 6) is 0.0662. The van der Waals surface area contributed by atoms with Gasteiger partial charge in [0.1, 0.15) is 0 Å². The van der Waals surface area contributed by atoms with Crippen LogP contribution in [0, 0.1) is 5.41 Å². The molecule has 104 valence electrons. The van der Waals surface area contributed by atoms with Crippen LogP contribution in [0.25, 0.3) is 10.8 Å². The zero-order chi connectivity index (χ0) is 14.5. The number of amides is 1. The van der Waals surface area contributed by atoms with E-state index in [-0.39, 0.29) is 17.4 Å². The average molecular weight is 268 g/mol. The van der Waals surface area contributed by atoms with Crippen molar-refractivity contribution in [3.8, 4) is 0 Å². The Bertz CT molecular complexity index is 680. The molecular weight excluding hydrogens is 248 g/mol. The van der Waals surface area contributed by atoms with Gasteiger partial charge in [-0.05, 0) is 22.9 Å². The lowest BCUT2D eigenvalue weighted by Crippen LogP contribution is -2.46. The summed E-state index contributed by atoms with van der Waals surface area (Å²) < 4.78 is 0. The Balaban J connectivity index is 2.05. The van der Waals surface area contributed by atoms with E-state index in [1.807, 2.05) is 41.3 Å². The first kappa shape index (κ1) is 13.1. The normalized spacial score (nSPS) is 16.0. The van der Waals surface area contributed by atoms with Crippen molar-refractivity contribution >= 4 is 22.4 Å². The van der Waals surface area contributed by atoms with E-state index in [1.54, 1.807) is 0 Å². The molecule has 0 radical (unpaired) electrons. The average Bonchev–Trinajstić information content (AvgIpc) is 2.66. The predicted octanol–water partition coefficient (Wildman–Crippen LogP) is 3.17. The van der Waals surface area contributed by atoms with E-state index in [0.717, 1.165) is 22.0 Å². The van der Waals surface area contributed by atoms with Gasteiger partial charge in [-0.25, -0.2) is 0 Å². The fraction of sp³-hybridized carbons (Fsp3) is 0.353. The number of rotatable bonds is 2. The Morgan fingerprint density at radius 3 is 2.45 bits per heavy atom. The molecule has 0 aromatic heterocycles. The lowest BCUT2D eigenvalue weighted by molar-refractivity contribution is 0.0988. The monoisotopic (exact) mass is 268 g/mol. The van der Waals surface area contributed by atoms with Crippen LogP contribution in [0.15, 0.2) is 36.4 Å². The fourth-order valence-corrected chi connectivity index (χ4v) is 2.63. The molecule has 1 aliphatic heterocycles. The van der Waals surface area contributed by atoms with Gasteiger partial charge in [0.15, 0.2) is 0 Å². The number of carbonyl (C=O) groups excluding carboxylic acids is 1. The van der Waals surface area contributed by atoms with Gasteiger partial charge >= 0.3 is 0 Å². The second kappa shape index (κ2) is 4.32. The quantitative estimate of drug-likeness (QED) is 0.909. The van der Waals surface area contributed by atoms with Gasteiger partial charge in [0.2, 0.25) is 0 Å². The Hall–Kier alpha value is -1.87. The van der Waals surface area contributed by atoms with Crippen LogP contribution in [0.1, 0.15) is 31.1 Å². The molecule has 0 saturated carbocycles. The van der Waals surface area contributed by atoms with Gasteiger partial charge in [0.05, 0.1) is 5.69 Å². The molecule has 0 fully saturated rings. The maximum atomic E-state index is 12.6. The van der Waals surface area contributed by atoms with Crippen molar-refractivity contribution in [3.05, 3.63) is 42.0 Å².